The summed E-state index contributed by atoms with van der Waals surface area (Å²) in [7, 11) is -3.47. The van der Waals surface area contributed by atoms with Gasteiger partial charge in [-0.3, -0.25) is 4.31 Å². The van der Waals surface area contributed by atoms with Gasteiger partial charge in [0.05, 0.1) is 10.6 Å². The molecule has 2 aromatic rings. The Hall–Kier alpha value is -1.85. The van der Waals surface area contributed by atoms with E-state index in [4.69, 9.17) is 0 Å². The van der Waals surface area contributed by atoms with Crippen molar-refractivity contribution in [1.29, 1.82) is 0 Å². The maximum absolute atomic E-state index is 13.0. The highest BCUT2D eigenvalue weighted by molar-refractivity contribution is 7.92. The van der Waals surface area contributed by atoms with E-state index in [0.717, 1.165) is 23.9 Å². The van der Waals surface area contributed by atoms with Crippen molar-refractivity contribution in [2.24, 2.45) is 11.8 Å². The number of anilines is 1. The Kier molecular flexibility index (Phi) is 4.68. The van der Waals surface area contributed by atoms with Gasteiger partial charge in [-0.05, 0) is 92.3 Å². The predicted molar refractivity (Wildman–Crippen MR) is 112 cm³/mol. The second kappa shape index (κ2) is 7.20. The highest BCUT2D eigenvalue weighted by atomic mass is 32.2. The molecule has 0 amide bonds. The fourth-order valence-corrected chi connectivity index (χ4v) is 6.58. The molecule has 2 fully saturated rings. The molecule has 0 aromatic heterocycles. The molecule has 1 aliphatic carbocycles. The van der Waals surface area contributed by atoms with Gasteiger partial charge in [-0.1, -0.05) is 30.3 Å². The number of rotatable bonds is 5. The summed E-state index contributed by atoms with van der Waals surface area (Å²) in [5.74, 6) is 2.39. The molecule has 2 aromatic carbocycles. The molecule has 28 heavy (non-hydrogen) atoms. The first-order valence-electron chi connectivity index (χ1n) is 10.5. The molecule has 1 N–H and O–H groups in total. The minimum atomic E-state index is -3.47. The lowest BCUT2D eigenvalue weighted by atomic mass is 9.91. The molecule has 2 atom stereocenters. The van der Waals surface area contributed by atoms with Crippen molar-refractivity contribution in [3.8, 4) is 0 Å². The summed E-state index contributed by atoms with van der Waals surface area (Å²) >= 11 is 0. The van der Waals surface area contributed by atoms with Crippen molar-refractivity contribution >= 4 is 15.7 Å². The molecule has 2 aliphatic heterocycles. The Morgan fingerprint density at radius 1 is 1.04 bits per heavy atom. The van der Waals surface area contributed by atoms with Crippen LogP contribution in [-0.4, -0.2) is 28.1 Å². The maximum atomic E-state index is 13.0. The highest BCUT2D eigenvalue weighted by Gasteiger charge is 2.40. The molecule has 5 heteroatoms. The van der Waals surface area contributed by atoms with Gasteiger partial charge in [-0.2, -0.15) is 0 Å². The summed E-state index contributed by atoms with van der Waals surface area (Å²) in [5, 5.41) is 3.45. The van der Waals surface area contributed by atoms with Crippen molar-refractivity contribution < 1.29 is 8.42 Å². The van der Waals surface area contributed by atoms with Gasteiger partial charge in [-0.25, -0.2) is 8.42 Å². The second-order valence-corrected chi connectivity index (χ2v) is 10.4. The molecular weight excluding hydrogens is 368 g/mol. The van der Waals surface area contributed by atoms with Crippen LogP contribution in [0.3, 0.4) is 0 Å². The smallest absolute Gasteiger partial charge is 0.264 e. The third-order valence-electron chi connectivity index (χ3n) is 6.73. The van der Waals surface area contributed by atoms with Crippen LogP contribution in [0.5, 0.6) is 0 Å². The lowest BCUT2D eigenvalue weighted by Crippen LogP contribution is -2.29. The SMILES string of the molecule is O=S(=O)(c1ccccc1)N1CCc2cc(C3CC3CC3CCNCC3)ccc21. The quantitative estimate of drug-likeness (QED) is 0.833. The monoisotopic (exact) mass is 396 g/mol. The van der Waals surface area contributed by atoms with Crippen LogP contribution in [0.1, 0.15) is 42.7 Å². The van der Waals surface area contributed by atoms with E-state index in [0.29, 0.717) is 17.4 Å². The first-order chi connectivity index (χ1) is 13.6. The van der Waals surface area contributed by atoms with E-state index >= 15 is 0 Å². The molecule has 1 saturated carbocycles. The number of nitrogens with one attached hydrogen (secondary N) is 1. The van der Waals surface area contributed by atoms with E-state index in [1.807, 2.05) is 12.1 Å². The summed E-state index contributed by atoms with van der Waals surface area (Å²) < 4.78 is 27.6. The molecule has 1 saturated heterocycles. The topological polar surface area (TPSA) is 49.4 Å². The second-order valence-electron chi connectivity index (χ2n) is 8.56. The first-order valence-corrected chi connectivity index (χ1v) is 12.0. The minimum Gasteiger partial charge on any atom is -0.317 e. The molecule has 2 unspecified atom stereocenters. The van der Waals surface area contributed by atoms with Crippen molar-refractivity contribution in [1.82, 2.24) is 5.32 Å². The Morgan fingerprint density at radius 3 is 2.61 bits per heavy atom. The lowest BCUT2D eigenvalue weighted by Gasteiger charge is -2.22. The summed E-state index contributed by atoms with van der Waals surface area (Å²) in [6.45, 7) is 2.89. The molecule has 148 valence electrons. The Labute approximate surface area is 168 Å². The van der Waals surface area contributed by atoms with Gasteiger partial charge >= 0.3 is 0 Å². The van der Waals surface area contributed by atoms with Gasteiger partial charge < -0.3 is 5.32 Å². The maximum Gasteiger partial charge on any atom is 0.264 e. The average Bonchev–Trinajstić information content (AvgIpc) is 3.35. The zero-order valence-electron chi connectivity index (χ0n) is 16.2. The van der Waals surface area contributed by atoms with Gasteiger partial charge in [0, 0.05) is 6.54 Å². The third-order valence-corrected chi connectivity index (χ3v) is 8.56. The van der Waals surface area contributed by atoms with Gasteiger partial charge in [0.1, 0.15) is 0 Å². The van der Waals surface area contributed by atoms with Crippen molar-refractivity contribution in [2.45, 2.75) is 42.9 Å². The Balaban J connectivity index is 1.31. The van der Waals surface area contributed by atoms with Gasteiger partial charge in [0.2, 0.25) is 0 Å². The van der Waals surface area contributed by atoms with Gasteiger partial charge in [0.25, 0.3) is 10.0 Å². The van der Waals surface area contributed by atoms with Crippen LogP contribution < -0.4 is 9.62 Å². The molecule has 0 spiro atoms. The fraction of sp³-hybridized carbons (Fsp3) is 0.478. The zero-order valence-corrected chi connectivity index (χ0v) is 17.0. The van der Waals surface area contributed by atoms with Crippen molar-refractivity contribution in [3.05, 3.63) is 59.7 Å². The fourth-order valence-electron chi connectivity index (χ4n) is 5.05. The standard InChI is InChI=1S/C23H28N2O2S/c26-28(27,21-4-2-1-3-5-21)25-13-10-19-15-18(6-7-23(19)25)22-16-20(22)14-17-8-11-24-12-9-17/h1-7,15,17,20,22,24H,8-14,16H2. The third kappa shape index (κ3) is 3.35. The number of nitrogens with zero attached hydrogens (tertiary/aromatic N) is 1. The van der Waals surface area contributed by atoms with Gasteiger partial charge in [0.15, 0.2) is 0 Å². The van der Waals surface area contributed by atoms with Crippen LogP contribution in [0.2, 0.25) is 0 Å². The number of sulfonamides is 1. The molecule has 3 aliphatic rings. The van der Waals surface area contributed by atoms with Crippen molar-refractivity contribution in [3.63, 3.8) is 0 Å². The number of fused-ring (bicyclic) bond motifs is 1. The average molecular weight is 397 g/mol. The molecule has 4 nitrogen and oxygen atoms in total. The van der Waals surface area contributed by atoms with E-state index in [1.54, 1.807) is 28.6 Å². The van der Waals surface area contributed by atoms with Crippen LogP contribution in [0.4, 0.5) is 5.69 Å². The Bertz CT molecular complexity index is 952. The van der Waals surface area contributed by atoms with E-state index in [2.05, 4.69) is 17.4 Å². The molecule has 5 rings (SSSR count). The van der Waals surface area contributed by atoms with E-state index in [9.17, 15) is 8.42 Å². The van der Waals surface area contributed by atoms with Crippen LogP contribution in [0.25, 0.3) is 0 Å². The minimum absolute atomic E-state index is 0.371. The molecule has 0 radical (unpaired) electrons. The molecule has 0 bridgehead atoms. The summed E-state index contributed by atoms with van der Waals surface area (Å²) in [6, 6.07) is 15.3. The van der Waals surface area contributed by atoms with Crippen LogP contribution in [0, 0.1) is 11.8 Å². The number of piperidine rings is 1. The number of benzene rings is 2. The lowest BCUT2D eigenvalue weighted by molar-refractivity contribution is 0.338. The highest BCUT2D eigenvalue weighted by Crippen LogP contribution is 2.52. The number of hydrogen-bond donors (Lipinski definition) is 1. The van der Waals surface area contributed by atoms with E-state index in [1.165, 1.54) is 49.9 Å². The van der Waals surface area contributed by atoms with Crippen molar-refractivity contribution in [2.75, 3.05) is 23.9 Å². The van der Waals surface area contributed by atoms with Gasteiger partial charge in [-0.15, -0.1) is 0 Å². The molecule has 2 heterocycles. The van der Waals surface area contributed by atoms with Crippen LogP contribution >= 0.6 is 0 Å². The first kappa shape index (κ1) is 18.2. The predicted octanol–water partition coefficient (Wildman–Crippen LogP) is 3.93. The summed E-state index contributed by atoms with van der Waals surface area (Å²) in [6.07, 6.45) is 6.10. The van der Waals surface area contributed by atoms with E-state index in [-0.39, 0.29) is 0 Å². The summed E-state index contributed by atoms with van der Waals surface area (Å²) in [4.78, 5) is 0.371. The van der Waals surface area contributed by atoms with E-state index < -0.39 is 10.0 Å². The normalized spacial score (nSPS) is 24.9. The largest absolute Gasteiger partial charge is 0.317 e. The number of hydrogen-bond acceptors (Lipinski definition) is 3. The zero-order chi connectivity index (χ0) is 19.1. The Morgan fingerprint density at radius 2 is 1.82 bits per heavy atom. The van der Waals surface area contributed by atoms with Crippen LogP contribution in [0.15, 0.2) is 53.4 Å². The summed E-state index contributed by atoms with van der Waals surface area (Å²) in [5.41, 5.74) is 3.46. The molecular formula is C23H28N2O2S. The van der Waals surface area contributed by atoms with Crippen LogP contribution in [-0.2, 0) is 16.4 Å².